The minimum absolute atomic E-state index is 0.0596. The molecule has 0 bridgehead atoms. The van der Waals surface area contributed by atoms with E-state index in [1.54, 1.807) is 4.90 Å². The molecule has 1 amide bonds. The van der Waals surface area contributed by atoms with Crippen LogP contribution in [-0.4, -0.2) is 31.1 Å². The molecule has 0 fully saturated rings. The largest absolute Gasteiger partial charge is 0.449 e. The number of amides is 1. The van der Waals surface area contributed by atoms with Gasteiger partial charge in [0.15, 0.2) is 6.10 Å². The number of rotatable bonds is 5. The highest BCUT2D eigenvalue weighted by atomic mass is 19.3. The monoisotopic (exact) mass is 375 g/mol. The summed E-state index contributed by atoms with van der Waals surface area (Å²) in [7, 11) is 0. The van der Waals surface area contributed by atoms with Crippen LogP contribution < -0.4 is 9.64 Å². The topological polar surface area (TPSA) is 55.8 Å². The van der Waals surface area contributed by atoms with E-state index >= 15 is 0 Å². The van der Waals surface area contributed by atoms with Gasteiger partial charge in [0.05, 0.1) is 5.56 Å². The van der Waals surface area contributed by atoms with Gasteiger partial charge in [0.1, 0.15) is 5.75 Å². The molecule has 27 heavy (non-hydrogen) atoms. The molecule has 1 aliphatic rings. The Balaban J connectivity index is 1.65. The fraction of sp³-hybridized carbons (Fsp3) is 0.300. The standard InChI is InChI=1S/C20H19F2NO4/c1-13(18(24)23-12-4-6-14-5-2-3-7-17(14)23)26-19(25)15-8-10-16(11-9-15)27-20(21)22/h2-3,5,7-11,13,20H,4,6,12H2,1H3. The number of aryl methyl sites for hydroxylation is 1. The SMILES string of the molecule is CC(OC(=O)c1ccc(OC(F)F)cc1)C(=O)N1CCCc2ccccc21. The second-order valence-electron chi connectivity index (χ2n) is 6.17. The van der Waals surface area contributed by atoms with Gasteiger partial charge < -0.3 is 14.4 Å². The first-order valence-electron chi connectivity index (χ1n) is 8.61. The summed E-state index contributed by atoms with van der Waals surface area (Å²) in [6.45, 7) is -0.851. The van der Waals surface area contributed by atoms with E-state index in [2.05, 4.69) is 4.74 Å². The fourth-order valence-corrected chi connectivity index (χ4v) is 3.03. The second kappa shape index (κ2) is 8.16. The lowest BCUT2D eigenvalue weighted by atomic mass is 10.0. The number of para-hydroxylation sites is 1. The molecule has 0 radical (unpaired) electrons. The number of anilines is 1. The smallest absolute Gasteiger partial charge is 0.387 e. The van der Waals surface area contributed by atoms with Crippen molar-refractivity contribution in [3.63, 3.8) is 0 Å². The maximum absolute atomic E-state index is 12.7. The van der Waals surface area contributed by atoms with Crippen molar-refractivity contribution in [2.24, 2.45) is 0 Å². The van der Waals surface area contributed by atoms with Crippen molar-refractivity contribution in [1.29, 1.82) is 0 Å². The number of benzene rings is 2. The molecule has 5 nitrogen and oxygen atoms in total. The summed E-state index contributed by atoms with van der Waals surface area (Å²) in [6, 6.07) is 12.8. The minimum atomic E-state index is -2.94. The van der Waals surface area contributed by atoms with Gasteiger partial charge in [-0.1, -0.05) is 18.2 Å². The zero-order valence-corrected chi connectivity index (χ0v) is 14.7. The van der Waals surface area contributed by atoms with Gasteiger partial charge in [-0.3, -0.25) is 4.79 Å². The van der Waals surface area contributed by atoms with Gasteiger partial charge in [-0.15, -0.1) is 0 Å². The zero-order chi connectivity index (χ0) is 19.4. The van der Waals surface area contributed by atoms with Crippen LogP contribution in [0.25, 0.3) is 0 Å². The van der Waals surface area contributed by atoms with Crippen LogP contribution in [0, 0.1) is 0 Å². The second-order valence-corrected chi connectivity index (χ2v) is 6.17. The quantitative estimate of drug-likeness (QED) is 0.746. The molecule has 0 saturated heterocycles. The summed E-state index contributed by atoms with van der Waals surface area (Å²) in [6.07, 6.45) is 0.775. The number of fused-ring (bicyclic) bond motifs is 1. The Labute approximate surface area is 155 Å². The van der Waals surface area contributed by atoms with E-state index in [1.807, 2.05) is 24.3 Å². The molecule has 1 unspecified atom stereocenters. The summed E-state index contributed by atoms with van der Waals surface area (Å²) in [5.41, 5.74) is 2.07. The Kier molecular flexibility index (Phi) is 5.69. The van der Waals surface area contributed by atoms with E-state index < -0.39 is 18.7 Å². The lowest BCUT2D eigenvalue weighted by Gasteiger charge is -2.31. The first-order chi connectivity index (χ1) is 13.0. The first-order valence-corrected chi connectivity index (χ1v) is 8.61. The zero-order valence-electron chi connectivity index (χ0n) is 14.7. The molecular formula is C20H19F2NO4. The predicted octanol–water partition coefficient (Wildman–Crippen LogP) is 3.81. The van der Waals surface area contributed by atoms with Gasteiger partial charge in [0.2, 0.25) is 0 Å². The van der Waals surface area contributed by atoms with Gasteiger partial charge >= 0.3 is 12.6 Å². The molecule has 2 aromatic rings. The fourth-order valence-electron chi connectivity index (χ4n) is 3.03. The average molecular weight is 375 g/mol. The van der Waals surface area contributed by atoms with Crippen LogP contribution in [-0.2, 0) is 16.0 Å². The molecule has 0 spiro atoms. The maximum atomic E-state index is 12.7. The van der Waals surface area contributed by atoms with Crippen molar-refractivity contribution >= 4 is 17.6 Å². The Bertz CT molecular complexity index is 823. The van der Waals surface area contributed by atoms with Crippen LogP contribution >= 0.6 is 0 Å². The van der Waals surface area contributed by atoms with E-state index in [-0.39, 0.29) is 17.2 Å². The summed E-state index contributed by atoms with van der Waals surface area (Å²) in [4.78, 5) is 26.6. The van der Waals surface area contributed by atoms with Crippen LogP contribution in [0.15, 0.2) is 48.5 Å². The van der Waals surface area contributed by atoms with Crippen LogP contribution in [0.2, 0.25) is 0 Å². The van der Waals surface area contributed by atoms with Crippen molar-refractivity contribution in [1.82, 2.24) is 0 Å². The van der Waals surface area contributed by atoms with E-state index in [0.29, 0.717) is 6.54 Å². The van der Waals surface area contributed by atoms with Crippen molar-refractivity contribution < 1.29 is 27.8 Å². The Morgan fingerprint density at radius 3 is 2.48 bits per heavy atom. The van der Waals surface area contributed by atoms with Crippen LogP contribution in [0.5, 0.6) is 5.75 Å². The van der Waals surface area contributed by atoms with Crippen LogP contribution in [0.1, 0.15) is 29.3 Å². The number of ether oxygens (including phenoxy) is 2. The van der Waals surface area contributed by atoms with Crippen molar-refractivity contribution in [2.75, 3.05) is 11.4 Å². The van der Waals surface area contributed by atoms with Crippen molar-refractivity contribution in [3.05, 3.63) is 59.7 Å². The minimum Gasteiger partial charge on any atom is -0.449 e. The van der Waals surface area contributed by atoms with Crippen LogP contribution in [0.4, 0.5) is 14.5 Å². The van der Waals surface area contributed by atoms with Gasteiger partial charge in [0, 0.05) is 12.2 Å². The third-order valence-electron chi connectivity index (χ3n) is 4.32. The molecular weight excluding hydrogens is 356 g/mol. The summed E-state index contributed by atoms with van der Waals surface area (Å²) in [5.74, 6) is -1.06. The molecule has 1 aliphatic heterocycles. The highest BCUT2D eigenvalue weighted by molar-refractivity contribution is 5.99. The first kappa shape index (κ1) is 18.8. The van der Waals surface area contributed by atoms with E-state index in [9.17, 15) is 18.4 Å². The summed E-state index contributed by atoms with van der Waals surface area (Å²) in [5, 5.41) is 0. The highest BCUT2D eigenvalue weighted by Crippen LogP contribution is 2.27. The number of hydrogen-bond donors (Lipinski definition) is 0. The van der Waals surface area contributed by atoms with E-state index in [4.69, 9.17) is 4.74 Å². The summed E-state index contributed by atoms with van der Waals surface area (Å²) < 4.78 is 33.8. The Hall–Kier alpha value is -2.96. The molecule has 2 aromatic carbocycles. The molecule has 0 N–H and O–H groups in total. The molecule has 0 aromatic heterocycles. The summed E-state index contributed by atoms with van der Waals surface area (Å²) >= 11 is 0. The third-order valence-corrected chi connectivity index (χ3v) is 4.32. The van der Waals surface area contributed by atoms with E-state index in [1.165, 1.54) is 31.2 Å². The third kappa shape index (κ3) is 4.42. The van der Waals surface area contributed by atoms with Crippen LogP contribution in [0.3, 0.4) is 0 Å². The number of hydrogen-bond acceptors (Lipinski definition) is 4. The number of nitrogens with zero attached hydrogens (tertiary/aromatic N) is 1. The normalized spacial score (nSPS) is 14.4. The van der Waals surface area contributed by atoms with E-state index in [0.717, 1.165) is 24.1 Å². The number of esters is 1. The van der Waals surface area contributed by atoms with Crippen molar-refractivity contribution in [2.45, 2.75) is 32.5 Å². The van der Waals surface area contributed by atoms with Gasteiger partial charge in [-0.2, -0.15) is 8.78 Å². The number of carbonyl (C=O) groups excluding carboxylic acids is 2. The van der Waals surface area contributed by atoms with Gasteiger partial charge in [-0.05, 0) is 55.7 Å². The molecule has 0 saturated carbocycles. The van der Waals surface area contributed by atoms with Gasteiger partial charge in [0.25, 0.3) is 5.91 Å². The average Bonchev–Trinajstić information content (AvgIpc) is 2.67. The highest BCUT2D eigenvalue weighted by Gasteiger charge is 2.28. The number of carbonyl (C=O) groups is 2. The van der Waals surface area contributed by atoms with Crippen molar-refractivity contribution in [3.8, 4) is 5.75 Å². The number of alkyl halides is 2. The Morgan fingerprint density at radius 1 is 1.07 bits per heavy atom. The molecule has 1 heterocycles. The molecule has 0 aliphatic carbocycles. The van der Waals surface area contributed by atoms with Gasteiger partial charge in [-0.25, -0.2) is 4.79 Å². The molecule has 1 atom stereocenters. The predicted molar refractivity (Wildman–Crippen MR) is 95.1 cm³/mol. The molecule has 142 valence electrons. The molecule has 3 rings (SSSR count). The maximum Gasteiger partial charge on any atom is 0.387 e. The number of halogens is 2. The lowest BCUT2D eigenvalue weighted by Crippen LogP contribution is -2.42. The lowest BCUT2D eigenvalue weighted by molar-refractivity contribution is -0.126. The Morgan fingerprint density at radius 2 is 1.78 bits per heavy atom. The molecule has 7 heteroatoms.